The maximum Gasteiger partial charge on any atom is 0.349 e. The largest absolute Gasteiger partial charge is 0.453 e. The Morgan fingerprint density at radius 1 is 1.25 bits per heavy atom. The zero-order valence-corrected chi connectivity index (χ0v) is 18.1. The van der Waals surface area contributed by atoms with Crippen LogP contribution in [0.25, 0.3) is 6.08 Å². The summed E-state index contributed by atoms with van der Waals surface area (Å²) < 4.78 is 7.28. The van der Waals surface area contributed by atoms with E-state index in [4.69, 9.17) is 4.74 Å². The van der Waals surface area contributed by atoms with Crippen LogP contribution in [-0.2, 0) is 16.1 Å². The molecule has 28 heavy (non-hydrogen) atoms. The number of carbonyl (C=O) groups is 2. The van der Waals surface area contributed by atoms with E-state index in [2.05, 4.69) is 18.4 Å². The lowest BCUT2D eigenvalue weighted by atomic mass is 10.1. The number of thiophene rings is 1. The van der Waals surface area contributed by atoms with Gasteiger partial charge in [-0.1, -0.05) is 13.8 Å². The number of rotatable bonds is 7. The van der Waals surface area contributed by atoms with E-state index in [1.807, 2.05) is 39.8 Å². The van der Waals surface area contributed by atoms with Crippen LogP contribution in [0.15, 0.2) is 17.7 Å². The number of nitriles is 1. The molecule has 0 fully saturated rings. The third-order valence-electron chi connectivity index (χ3n) is 4.48. The van der Waals surface area contributed by atoms with Crippen molar-refractivity contribution in [1.82, 2.24) is 4.57 Å². The van der Waals surface area contributed by atoms with Crippen molar-refractivity contribution in [2.45, 2.75) is 48.1 Å². The summed E-state index contributed by atoms with van der Waals surface area (Å²) in [5, 5.41) is 9.39. The van der Waals surface area contributed by atoms with Crippen molar-refractivity contribution in [2.24, 2.45) is 5.92 Å². The number of carbonyl (C=O) groups excluding carboxylic acids is 2. The molecule has 5 nitrogen and oxygen atoms in total. The van der Waals surface area contributed by atoms with Crippen LogP contribution in [0.2, 0.25) is 0 Å². The number of aryl methyl sites for hydroxylation is 3. The van der Waals surface area contributed by atoms with Gasteiger partial charge in [0.05, 0.1) is 0 Å². The molecule has 2 aromatic heterocycles. The Morgan fingerprint density at radius 3 is 2.46 bits per heavy atom. The Kier molecular flexibility index (Phi) is 6.98. The third-order valence-corrected chi connectivity index (χ3v) is 5.44. The van der Waals surface area contributed by atoms with E-state index in [1.54, 1.807) is 6.07 Å². The highest BCUT2D eigenvalue weighted by Gasteiger charge is 2.18. The lowest BCUT2D eigenvalue weighted by molar-refractivity contribution is -0.137. The van der Waals surface area contributed by atoms with Crippen molar-refractivity contribution in [3.05, 3.63) is 50.0 Å². The Morgan fingerprint density at radius 2 is 1.93 bits per heavy atom. The molecule has 0 saturated carbocycles. The summed E-state index contributed by atoms with van der Waals surface area (Å²) >= 11 is 1.53. The second kappa shape index (κ2) is 9.03. The van der Waals surface area contributed by atoms with Gasteiger partial charge in [-0.05, 0) is 57.4 Å². The highest BCUT2D eigenvalue weighted by molar-refractivity contribution is 7.12. The average molecular weight is 399 g/mol. The maximum absolute atomic E-state index is 12.3. The van der Waals surface area contributed by atoms with Crippen LogP contribution in [-0.4, -0.2) is 22.9 Å². The highest BCUT2D eigenvalue weighted by atomic mass is 32.1. The first kappa shape index (κ1) is 21.6. The van der Waals surface area contributed by atoms with Crippen molar-refractivity contribution in [3.63, 3.8) is 0 Å². The van der Waals surface area contributed by atoms with E-state index in [0.717, 1.165) is 33.3 Å². The zero-order valence-electron chi connectivity index (χ0n) is 17.3. The van der Waals surface area contributed by atoms with E-state index in [9.17, 15) is 14.9 Å². The number of nitrogens with zero attached hydrogens (tertiary/aromatic N) is 2. The molecular weight excluding hydrogens is 372 g/mol. The Hall–Kier alpha value is -2.65. The van der Waals surface area contributed by atoms with E-state index < -0.39 is 5.97 Å². The average Bonchev–Trinajstić information content (AvgIpc) is 3.09. The van der Waals surface area contributed by atoms with Crippen LogP contribution in [0.5, 0.6) is 0 Å². The van der Waals surface area contributed by atoms with Gasteiger partial charge in [-0.15, -0.1) is 11.3 Å². The summed E-state index contributed by atoms with van der Waals surface area (Å²) in [6.45, 7) is 12.5. The van der Waals surface area contributed by atoms with Gasteiger partial charge in [0.25, 0.3) is 0 Å². The fourth-order valence-corrected chi connectivity index (χ4v) is 4.05. The summed E-state index contributed by atoms with van der Waals surface area (Å²) in [4.78, 5) is 26.5. The minimum absolute atomic E-state index is 0.115. The highest BCUT2D eigenvalue weighted by Crippen LogP contribution is 2.22. The fourth-order valence-electron chi connectivity index (χ4n) is 3.11. The topological polar surface area (TPSA) is 72.1 Å². The number of hydrogen-bond acceptors (Lipinski definition) is 5. The van der Waals surface area contributed by atoms with E-state index >= 15 is 0 Å². The van der Waals surface area contributed by atoms with Gasteiger partial charge >= 0.3 is 5.97 Å². The molecule has 2 rings (SSSR count). The van der Waals surface area contributed by atoms with Crippen molar-refractivity contribution in [3.8, 4) is 6.07 Å². The molecule has 0 atom stereocenters. The van der Waals surface area contributed by atoms with Gasteiger partial charge in [0.1, 0.15) is 11.6 Å². The molecule has 0 N–H and O–H groups in total. The summed E-state index contributed by atoms with van der Waals surface area (Å²) in [7, 11) is 0. The summed E-state index contributed by atoms with van der Waals surface area (Å²) in [5.41, 5.74) is 3.32. The first-order valence-corrected chi connectivity index (χ1v) is 10.0. The predicted octanol–water partition coefficient (Wildman–Crippen LogP) is 4.77. The van der Waals surface area contributed by atoms with Gasteiger partial charge in [-0.3, -0.25) is 4.79 Å². The Labute approximate surface area is 170 Å². The summed E-state index contributed by atoms with van der Waals surface area (Å²) in [6.07, 6.45) is 1.53. The molecule has 2 heterocycles. The Bertz CT molecular complexity index is 971. The monoisotopic (exact) mass is 398 g/mol. The SMILES string of the molecule is Cc1cc(C(=O)COC(=O)/C(C#N)=C/c2cc(C)n(CC(C)C)c2C)c(C)s1. The molecule has 0 aliphatic rings. The molecule has 0 aromatic carbocycles. The van der Waals surface area contributed by atoms with Crippen molar-refractivity contribution in [1.29, 1.82) is 5.26 Å². The van der Waals surface area contributed by atoms with Gasteiger partial charge in [0.15, 0.2) is 6.61 Å². The first-order chi connectivity index (χ1) is 13.1. The number of hydrogen-bond donors (Lipinski definition) is 0. The molecule has 2 aromatic rings. The Balaban J connectivity index is 2.14. The van der Waals surface area contributed by atoms with Crippen LogP contribution in [0.3, 0.4) is 0 Å². The molecule has 0 aliphatic carbocycles. The number of aromatic nitrogens is 1. The molecule has 0 radical (unpaired) electrons. The van der Waals surface area contributed by atoms with Gasteiger partial charge < -0.3 is 9.30 Å². The van der Waals surface area contributed by atoms with Crippen LogP contribution >= 0.6 is 11.3 Å². The molecule has 0 spiro atoms. The molecule has 148 valence electrons. The minimum Gasteiger partial charge on any atom is -0.453 e. The van der Waals surface area contributed by atoms with Crippen LogP contribution in [0, 0.1) is 44.9 Å². The van der Waals surface area contributed by atoms with Crippen molar-refractivity contribution < 1.29 is 14.3 Å². The molecule has 0 amide bonds. The second-order valence-corrected chi connectivity index (χ2v) is 8.79. The lowest BCUT2D eigenvalue weighted by Crippen LogP contribution is -2.15. The van der Waals surface area contributed by atoms with Crippen LogP contribution in [0.4, 0.5) is 0 Å². The minimum atomic E-state index is -0.783. The maximum atomic E-state index is 12.3. The first-order valence-electron chi connectivity index (χ1n) is 9.19. The lowest BCUT2D eigenvalue weighted by Gasteiger charge is -2.12. The molecule has 0 saturated heterocycles. The third kappa shape index (κ3) is 4.99. The molecule has 0 unspecified atom stereocenters. The normalized spacial score (nSPS) is 11.6. The van der Waals surface area contributed by atoms with E-state index in [-0.39, 0.29) is 18.0 Å². The van der Waals surface area contributed by atoms with Gasteiger partial charge in [-0.2, -0.15) is 5.26 Å². The number of ketones is 1. The predicted molar refractivity (Wildman–Crippen MR) is 111 cm³/mol. The van der Waals surface area contributed by atoms with Gasteiger partial charge in [0.2, 0.25) is 5.78 Å². The zero-order chi connectivity index (χ0) is 21.0. The second-order valence-electron chi connectivity index (χ2n) is 7.33. The standard InChI is InChI=1S/C22H26N2O3S/c1-13(2)11-24-14(3)7-18(16(24)5)9-19(10-23)22(26)27-12-21(25)20-8-15(4)28-17(20)6/h7-9,13H,11-12H2,1-6H3/b19-9+. The quantitative estimate of drug-likeness (QED) is 0.291. The smallest absolute Gasteiger partial charge is 0.349 e. The number of esters is 1. The summed E-state index contributed by atoms with van der Waals surface area (Å²) in [6, 6.07) is 5.64. The van der Waals surface area contributed by atoms with E-state index in [1.165, 1.54) is 17.4 Å². The summed E-state index contributed by atoms with van der Waals surface area (Å²) in [5.74, 6) is -0.561. The molecular formula is C22H26N2O3S. The molecule has 0 bridgehead atoms. The van der Waals surface area contributed by atoms with Crippen molar-refractivity contribution in [2.75, 3.05) is 6.61 Å². The molecule has 0 aliphatic heterocycles. The van der Waals surface area contributed by atoms with Crippen LogP contribution < -0.4 is 0 Å². The van der Waals surface area contributed by atoms with Gasteiger partial charge in [0, 0.05) is 33.3 Å². The van der Waals surface area contributed by atoms with Crippen LogP contribution in [0.1, 0.15) is 50.9 Å². The number of Topliss-reactive ketones (excluding diaryl/α,β-unsaturated/α-hetero) is 1. The number of ether oxygens (including phenoxy) is 1. The fraction of sp³-hybridized carbons (Fsp3) is 0.409. The van der Waals surface area contributed by atoms with Gasteiger partial charge in [-0.25, -0.2) is 4.79 Å². The van der Waals surface area contributed by atoms with E-state index in [0.29, 0.717) is 11.5 Å². The molecule has 6 heteroatoms. The van der Waals surface area contributed by atoms with Crippen molar-refractivity contribution >= 4 is 29.2 Å².